The van der Waals surface area contributed by atoms with Gasteiger partial charge in [0.15, 0.2) is 6.20 Å². The second-order valence-corrected chi connectivity index (χ2v) is 9.76. The number of aryl methyl sites for hydroxylation is 2. The average Bonchev–Trinajstić information content (AvgIpc) is 3.38. The summed E-state index contributed by atoms with van der Waals surface area (Å²) in [5, 5.41) is 2.31. The number of hydrogen-bond acceptors (Lipinski definition) is 2. The molecule has 0 spiro atoms. The van der Waals surface area contributed by atoms with Crippen LogP contribution in [-0.2, 0) is 5.54 Å². The zero-order valence-corrected chi connectivity index (χ0v) is 20.0. The Morgan fingerprint density at radius 2 is 1.60 bits per heavy atom. The lowest BCUT2D eigenvalue weighted by Gasteiger charge is -2.24. The van der Waals surface area contributed by atoms with E-state index < -0.39 is 5.54 Å². The van der Waals surface area contributed by atoms with E-state index in [-0.39, 0.29) is 0 Å². The van der Waals surface area contributed by atoms with Gasteiger partial charge in [0.2, 0.25) is 11.2 Å². The Bertz CT molecular complexity index is 1780. The van der Waals surface area contributed by atoms with Gasteiger partial charge in [-0.05, 0) is 49.2 Å². The van der Waals surface area contributed by atoms with Crippen LogP contribution in [0.4, 0.5) is 0 Å². The van der Waals surface area contributed by atoms with E-state index in [9.17, 15) is 0 Å². The Balaban J connectivity index is 1.59. The zero-order valence-electron chi connectivity index (χ0n) is 20.0. The van der Waals surface area contributed by atoms with Crippen LogP contribution < -0.4 is 4.57 Å². The molecule has 1 unspecified atom stereocenters. The van der Waals surface area contributed by atoms with E-state index >= 15 is 0 Å². The molecule has 0 saturated heterocycles. The third-order valence-electron chi connectivity index (χ3n) is 7.56. The molecule has 0 fully saturated rings. The molecule has 1 aliphatic heterocycles. The molecule has 3 nitrogen and oxygen atoms in total. The molecule has 3 heteroatoms. The van der Waals surface area contributed by atoms with Crippen molar-refractivity contribution in [2.24, 2.45) is 0 Å². The van der Waals surface area contributed by atoms with Crippen LogP contribution >= 0.6 is 0 Å². The number of pyridine rings is 2. The lowest BCUT2D eigenvalue weighted by Crippen LogP contribution is -2.53. The van der Waals surface area contributed by atoms with Crippen molar-refractivity contribution in [3.63, 3.8) is 0 Å². The Kier molecular flexibility index (Phi) is 4.11. The van der Waals surface area contributed by atoms with Crippen LogP contribution in [0, 0.1) is 13.8 Å². The van der Waals surface area contributed by atoms with Gasteiger partial charge in [-0.25, -0.2) is 0 Å². The summed E-state index contributed by atoms with van der Waals surface area (Å²) in [6.07, 6.45) is 4.16. The van der Waals surface area contributed by atoms with E-state index in [1.807, 2.05) is 12.3 Å². The van der Waals surface area contributed by atoms with Crippen molar-refractivity contribution in [1.82, 2.24) is 4.98 Å². The predicted molar refractivity (Wildman–Crippen MR) is 140 cm³/mol. The first-order valence-corrected chi connectivity index (χ1v) is 12.1. The summed E-state index contributed by atoms with van der Waals surface area (Å²) in [5.41, 5.74) is 10.8. The Labute approximate surface area is 204 Å². The Morgan fingerprint density at radius 3 is 2.46 bits per heavy atom. The molecule has 0 radical (unpaired) electrons. The summed E-state index contributed by atoms with van der Waals surface area (Å²) >= 11 is 0. The Hall–Kier alpha value is -4.24. The van der Waals surface area contributed by atoms with Crippen molar-refractivity contribution < 1.29 is 8.98 Å². The molecule has 3 aromatic carbocycles. The minimum Gasteiger partial charge on any atom is -0.455 e. The first-order valence-electron chi connectivity index (χ1n) is 12.1. The number of aromatic nitrogens is 2. The first kappa shape index (κ1) is 20.2. The summed E-state index contributed by atoms with van der Waals surface area (Å²) in [6.45, 7) is 6.54. The first-order chi connectivity index (χ1) is 17.1. The lowest BCUT2D eigenvalue weighted by molar-refractivity contribution is -0.724. The second-order valence-electron chi connectivity index (χ2n) is 9.76. The van der Waals surface area contributed by atoms with Gasteiger partial charge in [-0.3, -0.25) is 4.98 Å². The third kappa shape index (κ3) is 2.72. The molecular formula is C32H25N2O+. The van der Waals surface area contributed by atoms with Crippen LogP contribution in [0.3, 0.4) is 0 Å². The number of benzene rings is 3. The van der Waals surface area contributed by atoms with Crippen LogP contribution in [0.15, 0.2) is 102 Å². The van der Waals surface area contributed by atoms with Gasteiger partial charge in [0.25, 0.3) is 0 Å². The van der Waals surface area contributed by atoms with Crippen molar-refractivity contribution in [2.45, 2.75) is 26.3 Å². The molecule has 0 amide bonds. The summed E-state index contributed by atoms with van der Waals surface area (Å²) in [4.78, 5) is 4.79. The molecule has 0 N–H and O–H groups in total. The fraction of sp³-hybridized carbons (Fsp3) is 0.125. The quantitative estimate of drug-likeness (QED) is 0.257. The maximum atomic E-state index is 6.52. The minimum atomic E-state index is -0.422. The highest BCUT2D eigenvalue weighted by Crippen LogP contribution is 2.48. The van der Waals surface area contributed by atoms with Crippen LogP contribution in [0.25, 0.3) is 44.5 Å². The van der Waals surface area contributed by atoms with Gasteiger partial charge in [-0.15, -0.1) is 0 Å². The minimum absolute atomic E-state index is 0.422. The van der Waals surface area contributed by atoms with E-state index in [0.29, 0.717) is 0 Å². The van der Waals surface area contributed by atoms with Crippen molar-refractivity contribution in [3.8, 4) is 22.5 Å². The zero-order chi connectivity index (χ0) is 23.7. The van der Waals surface area contributed by atoms with E-state index in [4.69, 9.17) is 9.40 Å². The molecule has 0 aliphatic carbocycles. The van der Waals surface area contributed by atoms with Crippen molar-refractivity contribution in [2.75, 3.05) is 0 Å². The van der Waals surface area contributed by atoms with Crippen molar-refractivity contribution in [3.05, 3.63) is 120 Å². The molecular weight excluding hydrogens is 428 g/mol. The van der Waals surface area contributed by atoms with Gasteiger partial charge < -0.3 is 4.42 Å². The predicted octanol–water partition coefficient (Wildman–Crippen LogP) is 7.34. The van der Waals surface area contributed by atoms with Gasteiger partial charge in [0.05, 0.1) is 11.3 Å². The van der Waals surface area contributed by atoms with Gasteiger partial charge in [0.1, 0.15) is 11.2 Å². The number of hydrogen-bond donors (Lipinski definition) is 0. The van der Waals surface area contributed by atoms with Gasteiger partial charge in [-0.2, -0.15) is 4.57 Å². The number of para-hydroxylation sites is 1. The van der Waals surface area contributed by atoms with E-state index in [1.54, 1.807) is 0 Å². The van der Waals surface area contributed by atoms with Gasteiger partial charge in [-0.1, -0.05) is 48.5 Å². The molecule has 168 valence electrons. The highest BCUT2D eigenvalue weighted by Gasteiger charge is 2.51. The highest BCUT2D eigenvalue weighted by molar-refractivity contribution is 6.10. The average molecular weight is 454 g/mol. The second kappa shape index (κ2) is 7.13. The fourth-order valence-electron chi connectivity index (χ4n) is 5.80. The van der Waals surface area contributed by atoms with Crippen molar-refractivity contribution in [1.29, 1.82) is 0 Å². The summed E-state index contributed by atoms with van der Waals surface area (Å²) in [5.74, 6) is 0. The molecule has 1 atom stereocenters. The standard InChI is InChI=1S/C32H25N2O/c1-20-16-17-34-28(18-20)30-26(14-13-23-22-8-5-7-11-29(22)35-31(23)30)32(34,3)25-10-6-4-9-24(25)27-15-12-21(2)19-33-27/h4-19H,1-3H3/q+1. The molecule has 6 aromatic rings. The van der Waals surface area contributed by atoms with Crippen LogP contribution in [0.1, 0.15) is 29.2 Å². The van der Waals surface area contributed by atoms with Crippen LogP contribution in [0.5, 0.6) is 0 Å². The third-order valence-corrected chi connectivity index (χ3v) is 7.56. The molecule has 7 rings (SSSR count). The number of nitrogens with zero attached hydrogens (tertiary/aromatic N) is 2. The van der Waals surface area contributed by atoms with Gasteiger partial charge in [0, 0.05) is 52.7 Å². The number of furan rings is 1. The summed E-state index contributed by atoms with van der Waals surface area (Å²) in [6, 6.07) is 30.2. The van der Waals surface area contributed by atoms with E-state index in [1.165, 1.54) is 27.9 Å². The van der Waals surface area contributed by atoms with Gasteiger partial charge >= 0.3 is 0 Å². The smallest absolute Gasteiger partial charge is 0.218 e. The molecule has 35 heavy (non-hydrogen) atoms. The van der Waals surface area contributed by atoms with Crippen LogP contribution in [-0.4, -0.2) is 4.98 Å². The number of fused-ring (bicyclic) bond motifs is 7. The highest BCUT2D eigenvalue weighted by atomic mass is 16.3. The monoisotopic (exact) mass is 453 g/mol. The normalized spacial score (nSPS) is 16.5. The molecule has 4 heterocycles. The van der Waals surface area contributed by atoms with E-state index in [0.717, 1.165) is 38.8 Å². The maximum Gasteiger partial charge on any atom is 0.218 e. The molecule has 1 aliphatic rings. The van der Waals surface area contributed by atoms with Crippen molar-refractivity contribution >= 4 is 21.9 Å². The fourth-order valence-corrected chi connectivity index (χ4v) is 5.80. The summed E-state index contributed by atoms with van der Waals surface area (Å²) < 4.78 is 8.93. The largest absolute Gasteiger partial charge is 0.455 e. The van der Waals surface area contributed by atoms with Crippen LogP contribution in [0.2, 0.25) is 0 Å². The topological polar surface area (TPSA) is 29.9 Å². The molecule has 3 aromatic heterocycles. The summed E-state index contributed by atoms with van der Waals surface area (Å²) in [7, 11) is 0. The number of rotatable bonds is 2. The SMILES string of the molecule is Cc1ccc(-c2ccccc2C2(C)c3ccc4c(oc5ccccc54)c3-c3cc(C)cc[n+]32)nc1. The molecule has 0 saturated carbocycles. The molecule has 0 bridgehead atoms. The lowest BCUT2D eigenvalue weighted by atomic mass is 9.81. The maximum absolute atomic E-state index is 6.52. The Morgan fingerprint density at radius 1 is 0.771 bits per heavy atom. The van der Waals surface area contributed by atoms with E-state index in [2.05, 4.69) is 110 Å².